The standard InChI is InChI=1S/C22H27N5/c1-17-5-7-18(8-6-17)22-19(15-25-26-22)14-24-20-9-12-27(13-10-20)16-21-4-2-3-11-23-21/h2-8,11,15,20,24H,9-10,12-14,16H2,1H3,(H,25,26). The number of nitrogens with zero attached hydrogens (tertiary/aromatic N) is 3. The Balaban J connectivity index is 1.28. The van der Waals surface area contributed by atoms with Crippen LogP contribution in [-0.2, 0) is 13.1 Å². The van der Waals surface area contributed by atoms with Crippen LogP contribution in [0.25, 0.3) is 11.3 Å². The summed E-state index contributed by atoms with van der Waals surface area (Å²) >= 11 is 0. The Bertz CT molecular complexity index is 833. The molecule has 1 aromatic carbocycles. The molecule has 0 aliphatic carbocycles. The summed E-state index contributed by atoms with van der Waals surface area (Å²) in [7, 11) is 0. The predicted octanol–water partition coefficient (Wildman–Crippen LogP) is 3.53. The minimum atomic E-state index is 0.561. The van der Waals surface area contributed by atoms with Crippen LogP contribution in [0, 0.1) is 6.92 Å². The van der Waals surface area contributed by atoms with Gasteiger partial charge in [-0.1, -0.05) is 35.9 Å². The average Bonchev–Trinajstić information content (AvgIpc) is 3.17. The van der Waals surface area contributed by atoms with Crippen LogP contribution in [-0.4, -0.2) is 39.2 Å². The molecule has 5 nitrogen and oxygen atoms in total. The lowest BCUT2D eigenvalue weighted by Gasteiger charge is -2.32. The maximum absolute atomic E-state index is 4.44. The molecule has 27 heavy (non-hydrogen) atoms. The van der Waals surface area contributed by atoms with Crippen LogP contribution in [0.15, 0.2) is 54.9 Å². The molecule has 0 atom stereocenters. The summed E-state index contributed by atoms with van der Waals surface area (Å²) in [6.07, 6.45) is 6.16. The van der Waals surface area contributed by atoms with Crippen molar-refractivity contribution in [3.05, 3.63) is 71.7 Å². The number of hydrogen-bond acceptors (Lipinski definition) is 4. The Morgan fingerprint density at radius 1 is 1.11 bits per heavy atom. The van der Waals surface area contributed by atoms with Crippen molar-refractivity contribution < 1.29 is 0 Å². The van der Waals surface area contributed by atoms with Crippen LogP contribution in [0.2, 0.25) is 0 Å². The van der Waals surface area contributed by atoms with E-state index in [0.29, 0.717) is 6.04 Å². The molecule has 1 fully saturated rings. The van der Waals surface area contributed by atoms with E-state index in [0.717, 1.165) is 37.6 Å². The van der Waals surface area contributed by atoms with Crippen LogP contribution >= 0.6 is 0 Å². The van der Waals surface area contributed by atoms with Gasteiger partial charge in [-0.15, -0.1) is 0 Å². The third-order valence-electron chi connectivity index (χ3n) is 5.34. The van der Waals surface area contributed by atoms with Gasteiger partial charge >= 0.3 is 0 Å². The molecule has 0 radical (unpaired) electrons. The van der Waals surface area contributed by atoms with Crippen molar-refractivity contribution >= 4 is 0 Å². The van der Waals surface area contributed by atoms with E-state index < -0.39 is 0 Å². The highest BCUT2D eigenvalue weighted by molar-refractivity contribution is 5.62. The van der Waals surface area contributed by atoms with Gasteiger partial charge in [0.1, 0.15) is 0 Å². The molecule has 2 N–H and O–H groups in total. The first-order chi connectivity index (χ1) is 13.3. The van der Waals surface area contributed by atoms with Crippen molar-refractivity contribution in [1.82, 2.24) is 25.4 Å². The summed E-state index contributed by atoms with van der Waals surface area (Å²) < 4.78 is 0. The van der Waals surface area contributed by atoms with Gasteiger partial charge in [-0.05, 0) is 37.5 Å². The average molecular weight is 361 g/mol. The topological polar surface area (TPSA) is 56.8 Å². The first kappa shape index (κ1) is 17.9. The van der Waals surface area contributed by atoms with Crippen molar-refractivity contribution in [1.29, 1.82) is 0 Å². The van der Waals surface area contributed by atoms with Gasteiger partial charge in [-0.3, -0.25) is 15.0 Å². The lowest BCUT2D eigenvalue weighted by Crippen LogP contribution is -2.42. The first-order valence-corrected chi connectivity index (χ1v) is 9.73. The predicted molar refractivity (Wildman–Crippen MR) is 108 cm³/mol. The summed E-state index contributed by atoms with van der Waals surface area (Å²) in [6.45, 7) is 6.14. The number of aromatic nitrogens is 3. The molecule has 140 valence electrons. The van der Waals surface area contributed by atoms with Crippen molar-refractivity contribution in [2.24, 2.45) is 0 Å². The van der Waals surface area contributed by atoms with E-state index in [9.17, 15) is 0 Å². The molecule has 1 aliphatic rings. The fraction of sp³-hybridized carbons (Fsp3) is 0.364. The molecule has 0 saturated carbocycles. The highest BCUT2D eigenvalue weighted by atomic mass is 15.2. The molecular weight excluding hydrogens is 334 g/mol. The highest BCUT2D eigenvalue weighted by Crippen LogP contribution is 2.22. The maximum Gasteiger partial charge on any atom is 0.0695 e. The van der Waals surface area contributed by atoms with Gasteiger partial charge in [0.05, 0.1) is 17.6 Å². The summed E-state index contributed by atoms with van der Waals surface area (Å²) in [6, 6.07) is 15.3. The molecule has 1 aliphatic heterocycles. The number of likely N-dealkylation sites (tertiary alicyclic amines) is 1. The molecule has 0 spiro atoms. The maximum atomic E-state index is 4.44. The second-order valence-electron chi connectivity index (χ2n) is 7.39. The number of hydrogen-bond donors (Lipinski definition) is 2. The Hall–Kier alpha value is -2.50. The molecule has 0 bridgehead atoms. The van der Waals surface area contributed by atoms with Crippen LogP contribution in [0.1, 0.15) is 29.7 Å². The van der Waals surface area contributed by atoms with Gasteiger partial charge < -0.3 is 5.32 Å². The van der Waals surface area contributed by atoms with E-state index in [1.807, 2.05) is 18.5 Å². The number of aromatic amines is 1. The van der Waals surface area contributed by atoms with E-state index in [2.05, 4.69) is 68.7 Å². The lowest BCUT2D eigenvalue weighted by molar-refractivity contribution is 0.188. The lowest BCUT2D eigenvalue weighted by atomic mass is 10.0. The molecule has 3 aromatic rings. The fourth-order valence-corrected chi connectivity index (χ4v) is 3.69. The minimum Gasteiger partial charge on any atom is -0.310 e. The first-order valence-electron chi connectivity index (χ1n) is 9.73. The normalized spacial score (nSPS) is 15.9. The third kappa shape index (κ3) is 4.62. The molecule has 0 amide bonds. The van der Waals surface area contributed by atoms with Gasteiger partial charge in [0.2, 0.25) is 0 Å². The van der Waals surface area contributed by atoms with Gasteiger partial charge in [0, 0.05) is 44.0 Å². The van der Waals surface area contributed by atoms with Crippen LogP contribution in [0.5, 0.6) is 0 Å². The zero-order chi connectivity index (χ0) is 18.5. The monoisotopic (exact) mass is 361 g/mol. The Labute approximate surface area is 160 Å². The molecule has 1 saturated heterocycles. The smallest absolute Gasteiger partial charge is 0.0695 e. The zero-order valence-electron chi connectivity index (χ0n) is 15.9. The number of benzene rings is 1. The Morgan fingerprint density at radius 2 is 1.93 bits per heavy atom. The van der Waals surface area contributed by atoms with Gasteiger partial charge in [-0.25, -0.2) is 0 Å². The molecule has 5 heteroatoms. The van der Waals surface area contributed by atoms with E-state index >= 15 is 0 Å². The third-order valence-corrected chi connectivity index (χ3v) is 5.34. The SMILES string of the molecule is Cc1ccc(-c2[nH]ncc2CNC2CCN(Cc3ccccn3)CC2)cc1. The molecule has 2 aromatic heterocycles. The number of nitrogens with one attached hydrogen (secondary N) is 2. The quantitative estimate of drug-likeness (QED) is 0.705. The van der Waals surface area contributed by atoms with Gasteiger partial charge in [0.15, 0.2) is 0 Å². The Kier molecular flexibility index (Phi) is 5.61. The largest absolute Gasteiger partial charge is 0.310 e. The summed E-state index contributed by atoms with van der Waals surface area (Å²) in [5, 5.41) is 11.1. The second-order valence-corrected chi connectivity index (χ2v) is 7.39. The molecular formula is C22H27N5. The van der Waals surface area contributed by atoms with Gasteiger partial charge in [-0.2, -0.15) is 5.10 Å². The summed E-state index contributed by atoms with van der Waals surface area (Å²) in [4.78, 5) is 6.93. The van der Waals surface area contributed by atoms with Crippen molar-refractivity contribution in [3.8, 4) is 11.3 Å². The minimum absolute atomic E-state index is 0.561. The van der Waals surface area contributed by atoms with Crippen LogP contribution in [0.4, 0.5) is 0 Å². The van der Waals surface area contributed by atoms with Gasteiger partial charge in [0.25, 0.3) is 0 Å². The van der Waals surface area contributed by atoms with Crippen molar-refractivity contribution in [2.75, 3.05) is 13.1 Å². The van der Waals surface area contributed by atoms with E-state index in [-0.39, 0.29) is 0 Å². The summed E-state index contributed by atoms with van der Waals surface area (Å²) in [5.41, 5.74) is 5.98. The highest BCUT2D eigenvalue weighted by Gasteiger charge is 2.19. The summed E-state index contributed by atoms with van der Waals surface area (Å²) in [5.74, 6) is 0. The van der Waals surface area contributed by atoms with Crippen LogP contribution in [0.3, 0.4) is 0 Å². The van der Waals surface area contributed by atoms with E-state index in [1.165, 1.54) is 29.5 Å². The van der Waals surface area contributed by atoms with E-state index in [4.69, 9.17) is 0 Å². The number of H-pyrrole nitrogens is 1. The van der Waals surface area contributed by atoms with Crippen molar-refractivity contribution in [3.63, 3.8) is 0 Å². The van der Waals surface area contributed by atoms with Crippen molar-refractivity contribution in [2.45, 2.75) is 38.9 Å². The second kappa shape index (κ2) is 8.46. The molecule has 0 unspecified atom stereocenters. The number of piperidine rings is 1. The fourth-order valence-electron chi connectivity index (χ4n) is 3.69. The number of pyridine rings is 1. The van der Waals surface area contributed by atoms with Crippen LogP contribution < -0.4 is 5.32 Å². The number of aryl methyl sites for hydroxylation is 1. The number of rotatable bonds is 6. The molecule has 4 rings (SSSR count). The molecule has 3 heterocycles. The van der Waals surface area contributed by atoms with E-state index in [1.54, 1.807) is 0 Å². The Morgan fingerprint density at radius 3 is 2.67 bits per heavy atom. The zero-order valence-corrected chi connectivity index (χ0v) is 15.9.